The number of ether oxygens (including phenoxy) is 1. The highest BCUT2D eigenvalue weighted by atomic mass is 16.5. The summed E-state index contributed by atoms with van der Waals surface area (Å²) in [4.78, 5) is 40.6. The van der Waals surface area contributed by atoms with E-state index >= 15 is 0 Å². The van der Waals surface area contributed by atoms with Crippen LogP contribution in [0.4, 0.5) is 10.5 Å². The van der Waals surface area contributed by atoms with Gasteiger partial charge in [0.05, 0.1) is 5.92 Å². The minimum atomic E-state index is -0.252. The summed E-state index contributed by atoms with van der Waals surface area (Å²) in [7, 11) is 0. The van der Waals surface area contributed by atoms with Crippen LogP contribution in [0.15, 0.2) is 24.3 Å². The highest BCUT2D eigenvalue weighted by Gasteiger charge is 2.28. The third kappa shape index (κ3) is 6.11. The minimum absolute atomic E-state index is 0.0000520. The summed E-state index contributed by atoms with van der Waals surface area (Å²) in [5.41, 5.74) is 0.620. The van der Waals surface area contributed by atoms with Crippen LogP contribution in [-0.2, 0) is 9.59 Å². The van der Waals surface area contributed by atoms with Crippen molar-refractivity contribution in [1.29, 1.82) is 0 Å². The van der Waals surface area contributed by atoms with Gasteiger partial charge in [-0.1, -0.05) is 6.07 Å². The van der Waals surface area contributed by atoms with Crippen LogP contribution in [0.3, 0.4) is 0 Å². The van der Waals surface area contributed by atoms with Gasteiger partial charge in [-0.2, -0.15) is 0 Å². The molecule has 2 fully saturated rings. The number of nitrogens with one attached hydrogen (secondary N) is 2. The number of likely N-dealkylation sites (tertiary alicyclic amines) is 2. The molecular formula is C22H32N4O4. The number of hydrogen-bond donors (Lipinski definition) is 2. The van der Waals surface area contributed by atoms with E-state index in [1.807, 2.05) is 18.7 Å². The molecule has 2 aliphatic rings. The molecule has 1 atom stereocenters. The van der Waals surface area contributed by atoms with E-state index in [1.165, 1.54) is 0 Å². The maximum atomic E-state index is 12.7. The number of carbonyl (C=O) groups is 3. The van der Waals surface area contributed by atoms with E-state index in [2.05, 4.69) is 10.6 Å². The average Bonchev–Trinajstić information content (AvgIpc) is 3.27. The van der Waals surface area contributed by atoms with Gasteiger partial charge in [-0.3, -0.25) is 9.59 Å². The van der Waals surface area contributed by atoms with Crippen LogP contribution in [0.2, 0.25) is 0 Å². The van der Waals surface area contributed by atoms with Gasteiger partial charge >= 0.3 is 6.03 Å². The van der Waals surface area contributed by atoms with E-state index in [1.54, 1.807) is 29.2 Å². The number of urea groups is 1. The number of nitrogens with zero attached hydrogens (tertiary/aromatic N) is 2. The van der Waals surface area contributed by atoms with Crippen LogP contribution in [0.25, 0.3) is 0 Å². The van der Waals surface area contributed by atoms with Crippen molar-refractivity contribution in [2.24, 2.45) is 5.92 Å². The van der Waals surface area contributed by atoms with E-state index in [-0.39, 0.29) is 36.4 Å². The fourth-order valence-corrected chi connectivity index (χ4v) is 3.82. The monoisotopic (exact) mass is 416 g/mol. The molecule has 0 aliphatic carbocycles. The maximum absolute atomic E-state index is 12.7. The molecule has 1 aromatic rings. The summed E-state index contributed by atoms with van der Waals surface area (Å²) in [5.74, 6) is 0.172. The molecule has 1 aromatic carbocycles. The predicted octanol–water partition coefficient (Wildman–Crippen LogP) is 2.46. The lowest BCUT2D eigenvalue weighted by molar-refractivity contribution is -0.132. The lowest BCUT2D eigenvalue weighted by Gasteiger charge is -2.32. The van der Waals surface area contributed by atoms with Crippen LogP contribution >= 0.6 is 0 Å². The molecule has 0 bridgehead atoms. The quantitative estimate of drug-likeness (QED) is 0.745. The second-order valence-corrected chi connectivity index (χ2v) is 8.28. The zero-order valence-electron chi connectivity index (χ0n) is 17.9. The van der Waals surface area contributed by atoms with Gasteiger partial charge in [-0.05, 0) is 51.7 Å². The number of hydrogen-bond acceptors (Lipinski definition) is 4. The van der Waals surface area contributed by atoms with Crippen molar-refractivity contribution in [1.82, 2.24) is 15.1 Å². The number of anilines is 1. The third-order valence-corrected chi connectivity index (χ3v) is 5.41. The van der Waals surface area contributed by atoms with Gasteiger partial charge in [0.25, 0.3) is 5.91 Å². The molecule has 4 amide bonds. The SMILES string of the molecule is CC(C)NC(=O)N1CCCC(C(=O)Nc2cccc(OCC(=O)N3CCCC3)c2)C1. The summed E-state index contributed by atoms with van der Waals surface area (Å²) < 4.78 is 5.63. The number of amides is 4. The van der Waals surface area contributed by atoms with E-state index in [4.69, 9.17) is 4.74 Å². The summed E-state index contributed by atoms with van der Waals surface area (Å²) in [5, 5.41) is 5.80. The molecule has 0 aromatic heterocycles. The van der Waals surface area contributed by atoms with E-state index in [0.717, 1.165) is 38.8 Å². The Morgan fingerprint density at radius 1 is 1.10 bits per heavy atom. The lowest BCUT2D eigenvalue weighted by Crippen LogP contribution is -2.49. The highest BCUT2D eigenvalue weighted by Crippen LogP contribution is 2.22. The van der Waals surface area contributed by atoms with Gasteiger partial charge in [0.2, 0.25) is 5.91 Å². The Morgan fingerprint density at radius 2 is 1.83 bits per heavy atom. The van der Waals surface area contributed by atoms with Gasteiger partial charge in [-0.15, -0.1) is 0 Å². The summed E-state index contributed by atoms with van der Waals surface area (Å²) >= 11 is 0. The zero-order valence-corrected chi connectivity index (χ0v) is 17.9. The fraction of sp³-hybridized carbons (Fsp3) is 0.591. The van der Waals surface area contributed by atoms with Crippen LogP contribution < -0.4 is 15.4 Å². The molecule has 2 saturated heterocycles. The number of rotatable bonds is 6. The van der Waals surface area contributed by atoms with Crippen LogP contribution in [0.5, 0.6) is 5.75 Å². The summed E-state index contributed by atoms with van der Waals surface area (Å²) in [6.07, 6.45) is 3.64. The Kier molecular flexibility index (Phi) is 7.54. The first-order valence-electron chi connectivity index (χ1n) is 10.8. The standard InChI is InChI=1S/C22H32N4O4/c1-16(2)23-22(29)26-12-6-7-17(14-26)21(28)24-18-8-5-9-19(13-18)30-15-20(27)25-10-3-4-11-25/h5,8-9,13,16-17H,3-4,6-7,10-12,14-15H2,1-2H3,(H,23,29)(H,24,28). The summed E-state index contributed by atoms with van der Waals surface area (Å²) in [6.45, 7) is 6.50. The number of benzene rings is 1. The molecule has 8 heteroatoms. The Hall–Kier alpha value is -2.77. The molecular weight excluding hydrogens is 384 g/mol. The molecule has 164 valence electrons. The van der Waals surface area contributed by atoms with Crippen LogP contribution in [0, 0.1) is 5.92 Å². The first-order valence-corrected chi connectivity index (χ1v) is 10.8. The third-order valence-electron chi connectivity index (χ3n) is 5.41. The van der Waals surface area contributed by atoms with E-state index < -0.39 is 0 Å². The highest BCUT2D eigenvalue weighted by molar-refractivity contribution is 5.93. The van der Waals surface area contributed by atoms with Crippen molar-refractivity contribution in [2.75, 3.05) is 38.1 Å². The molecule has 8 nitrogen and oxygen atoms in total. The Labute approximate surface area is 177 Å². The fourth-order valence-electron chi connectivity index (χ4n) is 3.82. The van der Waals surface area contributed by atoms with Crippen molar-refractivity contribution in [2.45, 2.75) is 45.6 Å². The van der Waals surface area contributed by atoms with Crippen LogP contribution in [0.1, 0.15) is 39.5 Å². The molecule has 0 spiro atoms. The topological polar surface area (TPSA) is 91.0 Å². The normalized spacial score (nSPS) is 19.0. The second-order valence-electron chi connectivity index (χ2n) is 8.28. The molecule has 2 N–H and O–H groups in total. The number of piperidine rings is 1. The molecule has 2 heterocycles. The second kappa shape index (κ2) is 10.3. The maximum Gasteiger partial charge on any atom is 0.317 e. The Balaban J connectivity index is 1.51. The first-order chi connectivity index (χ1) is 14.4. The van der Waals surface area contributed by atoms with Crippen molar-refractivity contribution >= 4 is 23.5 Å². The molecule has 3 rings (SSSR count). The van der Waals surface area contributed by atoms with Crippen LogP contribution in [-0.4, -0.2) is 66.5 Å². The Bertz CT molecular complexity index is 761. The van der Waals surface area contributed by atoms with E-state index in [0.29, 0.717) is 24.5 Å². The number of carbonyl (C=O) groups excluding carboxylic acids is 3. The first kappa shape index (κ1) is 21.9. The van der Waals surface area contributed by atoms with Gasteiger partial charge in [0, 0.05) is 44.0 Å². The van der Waals surface area contributed by atoms with Gasteiger partial charge < -0.3 is 25.2 Å². The largest absolute Gasteiger partial charge is 0.484 e. The summed E-state index contributed by atoms with van der Waals surface area (Å²) in [6, 6.07) is 7.01. The lowest BCUT2D eigenvalue weighted by atomic mass is 9.97. The molecule has 0 saturated carbocycles. The van der Waals surface area contributed by atoms with Crippen molar-refractivity contribution in [3.63, 3.8) is 0 Å². The Morgan fingerprint density at radius 3 is 2.57 bits per heavy atom. The van der Waals surface area contributed by atoms with Crippen molar-refractivity contribution in [3.8, 4) is 5.75 Å². The molecule has 0 radical (unpaired) electrons. The van der Waals surface area contributed by atoms with Gasteiger partial charge in [0.1, 0.15) is 5.75 Å². The molecule has 1 unspecified atom stereocenters. The van der Waals surface area contributed by atoms with Gasteiger partial charge in [0.15, 0.2) is 6.61 Å². The molecule has 30 heavy (non-hydrogen) atoms. The van der Waals surface area contributed by atoms with Crippen molar-refractivity contribution < 1.29 is 19.1 Å². The van der Waals surface area contributed by atoms with Gasteiger partial charge in [-0.25, -0.2) is 4.79 Å². The van der Waals surface area contributed by atoms with Crippen molar-refractivity contribution in [3.05, 3.63) is 24.3 Å². The van der Waals surface area contributed by atoms with E-state index in [9.17, 15) is 14.4 Å². The zero-order chi connectivity index (χ0) is 21.5. The predicted molar refractivity (Wildman–Crippen MR) is 114 cm³/mol. The molecule has 2 aliphatic heterocycles. The smallest absolute Gasteiger partial charge is 0.317 e. The average molecular weight is 417 g/mol. The minimum Gasteiger partial charge on any atom is -0.484 e.